The summed E-state index contributed by atoms with van der Waals surface area (Å²) in [5.41, 5.74) is 3.78. The highest BCUT2D eigenvalue weighted by Gasteiger charge is 2.32. The molecule has 4 rings (SSSR count). The summed E-state index contributed by atoms with van der Waals surface area (Å²) < 4.78 is 22.1. The summed E-state index contributed by atoms with van der Waals surface area (Å²) in [5.74, 6) is 2.88. The van der Waals surface area contributed by atoms with E-state index in [1.54, 1.807) is 28.4 Å². The van der Waals surface area contributed by atoms with Gasteiger partial charge >= 0.3 is 0 Å². The molecule has 1 fully saturated rings. The van der Waals surface area contributed by atoms with E-state index in [4.69, 9.17) is 18.9 Å². The van der Waals surface area contributed by atoms with E-state index >= 15 is 0 Å². The molecule has 1 saturated carbocycles. The predicted molar refractivity (Wildman–Crippen MR) is 158 cm³/mol. The van der Waals surface area contributed by atoms with Gasteiger partial charge in [-0.15, -0.1) is 11.8 Å². The number of ether oxygens (including phenoxy) is 4. The van der Waals surface area contributed by atoms with Gasteiger partial charge in [-0.05, 0) is 79.6 Å². The fourth-order valence-electron chi connectivity index (χ4n) is 5.95. The van der Waals surface area contributed by atoms with Crippen molar-refractivity contribution in [3.05, 3.63) is 47.0 Å². The van der Waals surface area contributed by atoms with Gasteiger partial charge in [0.15, 0.2) is 23.0 Å². The van der Waals surface area contributed by atoms with Gasteiger partial charge in [0, 0.05) is 11.8 Å². The summed E-state index contributed by atoms with van der Waals surface area (Å²) in [5, 5.41) is 10.9. The Hall–Kier alpha value is -2.56. The lowest BCUT2D eigenvalue weighted by Crippen LogP contribution is -2.36. The highest BCUT2D eigenvalue weighted by atomic mass is 32.2. The lowest BCUT2D eigenvalue weighted by atomic mass is 9.94. The van der Waals surface area contributed by atoms with Gasteiger partial charge in [-0.2, -0.15) is 5.26 Å². The highest BCUT2D eigenvalue weighted by Crippen LogP contribution is 2.46. The molecule has 1 heterocycles. The number of thioether (sulfide) groups is 1. The molecule has 2 aliphatic rings. The van der Waals surface area contributed by atoms with E-state index in [1.165, 1.54) is 43.2 Å². The number of unbranched alkanes of at least 4 members (excludes halogenated alkanes) is 2. The number of hydrogen-bond acceptors (Lipinski definition) is 7. The van der Waals surface area contributed by atoms with E-state index in [0.717, 1.165) is 67.5 Å². The zero-order valence-electron chi connectivity index (χ0n) is 24.0. The van der Waals surface area contributed by atoms with Crippen molar-refractivity contribution in [3.8, 4) is 29.1 Å². The summed E-state index contributed by atoms with van der Waals surface area (Å²) in [6.45, 7) is 2.14. The molecule has 39 heavy (non-hydrogen) atoms. The lowest BCUT2D eigenvalue weighted by Gasteiger charge is -2.39. The van der Waals surface area contributed by atoms with Crippen molar-refractivity contribution in [2.24, 2.45) is 0 Å². The average Bonchev–Trinajstić information content (AvgIpc) is 2.99. The monoisotopic (exact) mass is 552 g/mol. The number of methoxy groups -OCH3 is 4. The molecular weight excluding hydrogens is 508 g/mol. The van der Waals surface area contributed by atoms with Crippen LogP contribution in [0.15, 0.2) is 30.3 Å². The van der Waals surface area contributed by atoms with Crippen LogP contribution >= 0.6 is 11.8 Å². The second kappa shape index (κ2) is 14.7. The molecule has 2 aromatic carbocycles. The molecule has 1 aliphatic carbocycles. The van der Waals surface area contributed by atoms with Crippen LogP contribution in [0.4, 0.5) is 0 Å². The third-order valence-corrected chi connectivity index (χ3v) is 9.86. The third-order valence-electron chi connectivity index (χ3n) is 8.19. The lowest BCUT2D eigenvalue weighted by molar-refractivity contribution is 0.238. The van der Waals surface area contributed by atoms with E-state index in [9.17, 15) is 5.26 Å². The minimum atomic E-state index is -0.135. The predicted octanol–water partition coefficient (Wildman–Crippen LogP) is 7.51. The molecule has 0 N–H and O–H groups in total. The molecule has 2 unspecified atom stereocenters. The molecule has 0 bridgehead atoms. The number of nitriles is 1. The number of benzene rings is 2. The maximum atomic E-state index is 9.84. The average molecular weight is 553 g/mol. The van der Waals surface area contributed by atoms with Crippen molar-refractivity contribution in [1.82, 2.24) is 4.90 Å². The second-order valence-corrected chi connectivity index (χ2v) is 12.0. The van der Waals surface area contributed by atoms with Crippen molar-refractivity contribution in [2.45, 2.75) is 80.7 Å². The Morgan fingerprint density at radius 3 is 2.26 bits per heavy atom. The van der Waals surface area contributed by atoms with E-state index in [0.29, 0.717) is 16.9 Å². The van der Waals surface area contributed by atoms with Gasteiger partial charge in [0.1, 0.15) is 0 Å². The van der Waals surface area contributed by atoms with Crippen LogP contribution in [-0.4, -0.2) is 51.7 Å². The van der Waals surface area contributed by atoms with Gasteiger partial charge in [-0.3, -0.25) is 4.90 Å². The minimum Gasteiger partial charge on any atom is -0.493 e. The smallest absolute Gasteiger partial charge is 0.161 e. The standard InChI is InChI=1S/C32H44N2O4S/c1-35-28-15-14-23(19-29(28)36-2)25(22-33)11-7-6-10-17-34-18-16-24-20-30(37-3)31(38-4)21-27(24)32(34)39-26-12-8-5-9-13-26/h14-15,19-21,25-26,32H,5-13,16-18H2,1-4H3. The van der Waals surface area contributed by atoms with Crippen LogP contribution in [0.1, 0.15) is 85.8 Å². The Labute approximate surface area is 239 Å². The van der Waals surface area contributed by atoms with Crippen LogP contribution in [0.2, 0.25) is 0 Å². The SMILES string of the molecule is COc1ccc(C(C#N)CCCCCN2CCc3cc(OC)c(OC)cc3C2SC2CCCCC2)cc1OC. The molecule has 0 aromatic heterocycles. The topological polar surface area (TPSA) is 64.0 Å². The number of fused-ring (bicyclic) bond motifs is 1. The first-order valence-electron chi connectivity index (χ1n) is 14.4. The fraction of sp³-hybridized carbons (Fsp3) is 0.594. The first-order chi connectivity index (χ1) is 19.1. The molecule has 1 aliphatic heterocycles. The summed E-state index contributed by atoms with van der Waals surface area (Å²) in [6.07, 6.45) is 11.9. The molecule has 7 heteroatoms. The molecule has 6 nitrogen and oxygen atoms in total. The molecule has 212 valence electrons. The van der Waals surface area contributed by atoms with Gasteiger partial charge in [0.05, 0.1) is 45.8 Å². The quantitative estimate of drug-likeness (QED) is 0.238. The second-order valence-electron chi connectivity index (χ2n) is 10.6. The highest BCUT2D eigenvalue weighted by molar-refractivity contribution is 8.00. The molecule has 2 aromatic rings. The van der Waals surface area contributed by atoms with Gasteiger partial charge in [-0.25, -0.2) is 0 Å². The molecule has 0 spiro atoms. The zero-order valence-corrected chi connectivity index (χ0v) is 24.9. The molecular formula is C32H44N2O4S. The van der Waals surface area contributed by atoms with Crippen molar-refractivity contribution in [3.63, 3.8) is 0 Å². The van der Waals surface area contributed by atoms with Crippen molar-refractivity contribution in [2.75, 3.05) is 41.5 Å². The number of rotatable bonds is 13. The van der Waals surface area contributed by atoms with Gasteiger partial charge < -0.3 is 18.9 Å². The first kappa shape index (κ1) is 29.4. The van der Waals surface area contributed by atoms with Crippen LogP contribution < -0.4 is 18.9 Å². The number of hydrogen-bond donors (Lipinski definition) is 0. The Balaban J connectivity index is 1.37. The van der Waals surface area contributed by atoms with E-state index < -0.39 is 0 Å². The summed E-state index contributed by atoms with van der Waals surface area (Å²) in [7, 11) is 6.71. The summed E-state index contributed by atoms with van der Waals surface area (Å²) in [4.78, 5) is 2.68. The Kier molecular flexibility index (Phi) is 11.1. The van der Waals surface area contributed by atoms with Crippen LogP contribution in [0.5, 0.6) is 23.0 Å². The van der Waals surface area contributed by atoms with Crippen LogP contribution in [0, 0.1) is 11.3 Å². The third kappa shape index (κ3) is 7.35. The van der Waals surface area contributed by atoms with Gasteiger partial charge in [0.2, 0.25) is 0 Å². The van der Waals surface area contributed by atoms with Crippen molar-refractivity contribution in [1.29, 1.82) is 5.26 Å². The van der Waals surface area contributed by atoms with Crippen LogP contribution in [0.25, 0.3) is 0 Å². The fourth-order valence-corrected chi connectivity index (χ4v) is 7.67. The zero-order chi connectivity index (χ0) is 27.6. The molecule has 0 saturated heterocycles. The largest absolute Gasteiger partial charge is 0.493 e. The van der Waals surface area contributed by atoms with Gasteiger partial charge in [-0.1, -0.05) is 38.2 Å². The Bertz CT molecular complexity index is 1110. The Morgan fingerprint density at radius 1 is 0.872 bits per heavy atom. The molecule has 2 atom stereocenters. The Morgan fingerprint density at radius 2 is 1.56 bits per heavy atom. The van der Waals surface area contributed by atoms with E-state index in [1.807, 2.05) is 18.2 Å². The van der Waals surface area contributed by atoms with E-state index in [2.05, 4.69) is 34.9 Å². The summed E-state index contributed by atoms with van der Waals surface area (Å²) in [6, 6.07) is 12.7. The van der Waals surface area contributed by atoms with E-state index in [-0.39, 0.29) is 5.92 Å². The van der Waals surface area contributed by atoms with Crippen molar-refractivity contribution >= 4 is 11.8 Å². The van der Waals surface area contributed by atoms with Crippen molar-refractivity contribution < 1.29 is 18.9 Å². The first-order valence-corrected chi connectivity index (χ1v) is 15.3. The number of nitrogens with zero attached hydrogens (tertiary/aromatic N) is 2. The summed E-state index contributed by atoms with van der Waals surface area (Å²) >= 11 is 2.17. The minimum absolute atomic E-state index is 0.135. The maximum absolute atomic E-state index is 9.84. The van der Waals surface area contributed by atoms with Crippen LogP contribution in [0.3, 0.4) is 0 Å². The molecule has 0 amide bonds. The van der Waals surface area contributed by atoms with Gasteiger partial charge in [0.25, 0.3) is 0 Å². The molecule has 0 radical (unpaired) electrons. The van der Waals surface area contributed by atoms with Crippen LogP contribution in [-0.2, 0) is 6.42 Å². The normalized spacial score (nSPS) is 18.6. The maximum Gasteiger partial charge on any atom is 0.161 e.